The van der Waals surface area contributed by atoms with E-state index in [2.05, 4.69) is 24.1 Å². The van der Waals surface area contributed by atoms with Gasteiger partial charge in [-0.05, 0) is 38.7 Å². The summed E-state index contributed by atoms with van der Waals surface area (Å²) >= 11 is 0. The van der Waals surface area contributed by atoms with Crippen LogP contribution in [0.25, 0.3) is 0 Å². The van der Waals surface area contributed by atoms with Crippen LogP contribution in [0.1, 0.15) is 38.8 Å². The minimum Gasteiger partial charge on any atom is -0.310 e. The van der Waals surface area contributed by atoms with Crippen LogP contribution < -0.4 is 5.32 Å². The van der Waals surface area contributed by atoms with Crippen molar-refractivity contribution < 1.29 is 8.78 Å². The van der Waals surface area contributed by atoms with Crippen molar-refractivity contribution in [1.29, 1.82) is 0 Å². The van der Waals surface area contributed by atoms with Gasteiger partial charge in [0.2, 0.25) is 0 Å². The minimum absolute atomic E-state index is 0.138. The molecule has 1 aromatic rings. The quantitative estimate of drug-likeness (QED) is 0.779. The highest BCUT2D eigenvalue weighted by Gasteiger charge is 2.17. The Morgan fingerprint density at radius 2 is 1.84 bits per heavy atom. The summed E-state index contributed by atoms with van der Waals surface area (Å²) < 4.78 is 27.1. The maximum Gasteiger partial charge on any atom is 0.163 e. The third-order valence-electron chi connectivity index (χ3n) is 3.44. The Morgan fingerprint density at radius 3 is 2.42 bits per heavy atom. The van der Waals surface area contributed by atoms with E-state index in [4.69, 9.17) is 0 Å². The van der Waals surface area contributed by atoms with E-state index in [0.717, 1.165) is 38.7 Å². The van der Waals surface area contributed by atoms with Crippen molar-refractivity contribution in [2.75, 3.05) is 26.2 Å². The van der Waals surface area contributed by atoms with Crippen LogP contribution >= 0.6 is 0 Å². The minimum atomic E-state index is -0.775. The van der Waals surface area contributed by atoms with Gasteiger partial charge >= 0.3 is 0 Å². The van der Waals surface area contributed by atoms with Crippen LogP contribution in [0.5, 0.6) is 0 Å². The topological polar surface area (TPSA) is 15.3 Å². The predicted octanol–water partition coefficient (Wildman–Crippen LogP) is 3.35. The van der Waals surface area contributed by atoms with Gasteiger partial charge < -0.3 is 10.2 Å². The molecule has 0 aliphatic heterocycles. The number of nitrogens with zero attached hydrogens (tertiary/aromatic N) is 1. The van der Waals surface area contributed by atoms with E-state index in [1.807, 2.05) is 6.92 Å². The summed E-state index contributed by atoms with van der Waals surface area (Å²) in [7, 11) is 0. The molecule has 108 valence electrons. The Morgan fingerprint density at radius 1 is 1.16 bits per heavy atom. The van der Waals surface area contributed by atoms with Crippen LogP contribution in [-0.4, -0.2) is 31.1 Å². The molecule has 0 bridgehead atoms. The monoisotopic (exact) mass is 270 g/mol. The molecule has 0 radical (unpaired) electrons. The van der Waals surface area contributed by atoms with Gasteiger partial charge in [0.25, 0.3) is 0 Å². The van der Waals surface area contributed by atoms with Crippen molar-refractivity contribution >= 4 is 0 Å². The lowest BCUT2D eigenvalue weighted by Crippen LogP contribution is -2.30. The molecule has 1 unspecified atom stereocenters. The van der Waals surface area contributed by atoms with Gasteiger partial charge in [-0.1, -0.05) is 32.9 Å². The Bertz CT molecular complexity index is 378. The molecular formula is C15H24F2N2. The maximum absolute atomic E-state index is 13.8. The first-order valence-electron chi connectivity index (χ1n) is 7.03. The fourth-order valence-corrected chi connectivity index (χ4v) is 2.26. The highest BCUT2D eigenvalue weighted by atomic mass is 19.2. The van der Waals surface area contributed by atoms with E-state index in [1.165, 1.54) is 0 Å². The molecule has 0 fully saturated rings. The molecule has 0 saturated heterocycles. The molecule has 0 heterocycles. The SMILES string of the molecule is CCNC(CCN(CC)CC)c1cccc(F)c1F. The van der Waals surface area contributed by atoms with E-state index >= 15 is 0 Å². The summed E-state index contributed by atoms with van der Waals surface area (Å²) in [4.78, 5) is 2.28. The standard InChI is InChI=1S/C15H24F2N2/c1-4-18-14(10-11-19(5-2)6-3)12-8-7-9-13(16)15(12)17/h7-9,14,18H,4-6,10-11H2,1-3H3. The number of halogens is 2. The number of nitrogens with one attached hydrogen (secondary N) is 1. The normalized spacial score (nSPS) is 12.9. The molecule has 1 N–H and O–H groups in total. The first kappa shape index (κ1) is 16.1. The molecule has 1 atom stereocenters. The van der Waals surface area contributed by atoms with Gasteiger partial charge in [-0.25, -0.2) is 8.78 Å². The van der Waals surface area contributed by atoms with Crippen LogP contribution in [0.15, 0.2) is 18.2 Å². The van der Waals surface area contributed by atoms with Gasteiger partial charge in [-0.15, -0.1) is 0 Å². The number of hydrogen-bond acceptors (Lipinski definition) is 2. The average Bonchev–Trinajstić information content (AvgIpc) is 2.42. The van der Waals surface area contributed by atoms with Crippen LogP contribution in [-0.2, 0) is 0 Å². The number of benzene rings is 1. The van der Waals surface area contributed by atoms with Crippen LogP contribution in [0.2, 0.25) is 0 Å². The molecule has 1 aromatic carbocycles. The molecule has 1 rings (SSSR count). The van der Waals surface area contributed by atoms with Crippen molar-refractivity contribution in [3.8, 4) is 0 Å². The third-order valence-corrected chi connectivity index (χ3v) is 3.44. The van der Waals surface area contributed by atoms with Crippen molar-refractivity contribution in [3.63, 3.8) is 0 Å². The molecule has 4 heteroatoms. The van der Waals surface area contributed by atoms with Gasteiger partial charge in [0, 0.05) is 11.6 Å². The van der Waals surface area contributed by atoms with Gasteiger partial charge in [0.05, 0.1) is 0 Å². The number of hydrogen-bond donors (Lipinski definition) is 1. The summed E-state index contributed by atoms with van der Waals surface area (Å²) in [6, 6.07) is 4.25. The molecule has 2 nitrogen and oxygen atoms in total. The largest absolute Gasteiger partial charge is 0.310 e. The Hall–Kier alpha value is -1.00. The van der Waals surface area contributed by atoms with Gasteiger partial charge in [0.15, 0.2) is 11.6 Å². The second-order valence-electron chi connectivity index (χ2n) is 4.57. The number of rotatable bonds is 8. The fourth-order valence-electron chi connectivity index (χ4n) is 2.26. The lowest BCUT2D eigenvalue weighted by molar-refractivity contribution is 0.280. The van der Waals surface area contributed by atoms with Crippen LogP contribution in [0.3, 0.4) is 0 Å². The van der Waals surface area contributed by atoms with Crippen molar-refractivity contribution in [3.05, 3.63) is 35.4 Å². The van der Waals surface area contributed by atoms with E-state index in [9.17, 15) is 8.78 Å². The van der Waals surface area contributed by atoms with E-state index in [1.54, 1.807) is 12.1 Å². The molecule has 0 aliphatic rings. The molecule has 0 saturated carbocycles. The third kappa shape index (κ3) is 4.55. The lowest BCUT2D eigenvalue weighted by Gasteiger charge is -2.24. The highest BCUT2D eigenvalue weighted by molar-refractivity contribution is 5.22. The van der Waals surface area contributed by atoms with E-state index in [-0.39, 0.29) is 6.04 Å². The second kappa shape index (κ2) is 8.23. The molecule has 0 amide bonds. The molecular weight excluding hydrogens is 246 g/mol. The first-order chi connectivity index (χ1) is 9.13. The summed E-state index contributed by atoms with van der Waals surface area (Å²) in [5.41, 5.74) is 0.425. The van der Waals surface area contributed by atoms with E-state index < -0.39 is 11.6 Å². The average molecular weight is 270 g/mol. The van der Waals surface area contributed by atoms with Crippen LogP contribution in [0.4, 0.5) is 8.78 Å². The van der Waals surface area contributed by atoms with Crippen molar-refractivity contribution in [2.24, 2.45) is 0 Å². The second-order valence-corrected chi connectivity index (χ2v) is 4.57. The maximum atomic E-state index is 13.8. The zero-order valence-corrected chi connectivity index (χ0v) is 12.0. The molecule has 0 spiro atoms. The van der Waals surface area contributed by atoms with Gasteiger partial charge in [0.1, 0.15) is 0 Å². The van der Waals surface area contributed by atoms with E-state index in [0.29, 0.717) is 5.56 Å². The highest BCUT2D eigenvalue weighted by Crippen LogP contribution is 2.22. The van der Waals surface area contributed by atoms with Gasteiger partial charge in [-0.2, -0.15) is 0 Å². The molecule has 0 aromatic heterocycles. The lowest BCUT2D eigenvalue weighted by atomic mass is 10.0. The Labute approximate surface area is 114 Å². The van der Waals surface area contributed by atoms with Crippen LogP contribution in [0, 0.1) is 11.6 Å². The zero-order valence-electron chi connectivity index (χ0n) is 12.0. The zero-order chi connectivity index (χ0) is 14.3. The van der Waals surface area contributed by atoms with Crippen molar-refractivity contribution in [2.45, 2.75) is 33.2 Å². The first-order valence-corrected chi connectivity index (χ1v) is 7.03. The Balaban J connectivity index is 2.79. The molecule has 0 aliphatic carbocycles. The summed E-state index contributed by atoms with van der Waals surface area (Å²) in [5, 5.41) is 3.24. The van der Waals surface area contributed by atoms with Gasteiger partial charge in [-0.3, -0.25) is 0 Å². The fraction of sp³-hybridized carbons (Fsp3) is 0.600. The smallest absolute Gasteiger partial charge is 0.163 e. The summed E-state index contributed by atoms with van der Waals surface area (Å²) in [6.45, 7) is 9.74. The molecule has 19 heavy (non-hydrogen) atoms. The summed E-state index contributed by atoms with van der Waals surface area (Å²) in [6.07, 6.45) is 0.774. The Kier molecular flexibility index (Phi) is 6.95. The predicted molar refractivity (Wildman–Crippen MR) is 75.2 cm³/mol. The van der Waals surface area contributed by atoms with Crippen molar-refractivity contribution in [1.82, 2.24) is 10.2 Å². The summed E-state index contributed by atoms with van der Waals surface area (Å²) in [5.74, 6) is -1.50.